The Kier molecular flexibility index (Phi) is 3.97. The normalized spacial score (nSPS) is 19.0. The summed E-state index contributed by atoms with van der Waals surface area (Å²) >= 11 is 0. The zero-order valence-corrected chi connectivity index (χ0v) is 13.8. The first kappa shape index (κ1) is 15.7. The van der Waals surface area contributed by atoms with E-state index in [-0.39, 0.29) is 22.4 Å². The molecule has 0 radical (unpaired) electrons. The van der Waals surface area contributed by atoms with Crippen molar-refractivity contribution in [3.05, 3.63) is 29.4 Å². The number of sulfone groups is 1. The van der Waals surface area contributed by atoms with E-state index in [1.54, 1.807) is 17.9 Å². The van der Waals surface area contributed by atoms with E-state index in [2.05, 4.69) is 15.4 Å². The van der Waals surface area contributed by atoms with Crippen LogP contribution in [0.25, 0.3) is 0 Å². The van der Waals surface area contributed by atoms with E-state index in [0.717, 1.165) is 19.1 Å². The van der Waals surface area contributed by atoms with Crippen molar-refractivity contribution in [1.82, 2.24) is 20.3 Å². The standard InChI is InChI=1S/C14H18N4O4S/c1-9-6-11(17-22-9)14(19)18-5-3-4-10(8-18)13-12(7-15-16-13)23(2,20)21/h6-7,10H,3-5,8H2,1-2H3,(H,15,16)/t10-/m0/s1. The van der Waals surface area contributed by atoms with Crippen LogP contribution >= 0.6 is 0 Å². The number of nitrogens with zero attached hydrogens (tertiary/aromatic N) is 3. The second kappa shape index (κ2) is 5.80. The molecule has 1 atom stereocenters. The molecule has 9 heteroatoms. The van der Waals surface area contributed by atoms with Gasteiger partial charge in [0.1, 0.15) is 10.7 Å². The number of likely N-dealkylation sites (tertiary alicyclic amines) is 1. The van der Waals surface area contributed by atoms with Crippen LogP contribution in [0.3, 0.4) is 0 Å². The van der Waals surface area contributed by atoms with Gasteiger partial charge in [0.15, 0.2) is 15.5 Å². The lowest BCUT2D eigenvalue weighted by atomic mass is 9.94. The summed E-state index contributed by atoms with van der Waals surface area (Å²) in [7, 11) is -3.35. The van der Waals surface area contributed by atoms with Crippen molar-refractivity contribution >= 4 is 15.7 Å². The molecule has 0 bridgehead atoms. The summed E-state index contributed by atoms with van der Waals surface area (Å²) in [6.07, 6.45) is 4.07. The molecule has 0 aliphatic carbocycles. The molecule has 3 heterocycles. The van der Waals surface area contributed by atoms with Gasteiger partial charge in [0.2, 0.25) is 0 Å². The van der Waals surface area contributed by atoms with Gasteiger partial charge in [-0.3, -0.25) is 9.89 Å². The van der Waals surface area contributed by atoms with E-state index >= 15 is 0 Å². The number of hydrogen-bond acceptors (Lipinski definition) is 6. The summed E-state index contributed by atoms with van der Waals surface area (Å²) in [6.45, 7) is 2.77. The van der Waals surface area contributed by atoms with Gasteiger partial charge in [-0.1, -0.05) is 5.16 Å². The van der Waals surface area contributed by atoms with Gasteiger partial charge in [-0.2, -0.15) is 5.10 Å². The van der Waals surface area contributed by atoms with Gasteiger partial charge in [-0.25, -0.2) is 8.42 Å². The van der Waals surface area contributed by atoms with E-state index in [1.807, 2.05) is 0 Å². The Morgan fingerprint density at radius 2 is 2.26 bits per heavy atom. The van der Waals surface area contributed by atoms with Crippen LogP contribution in [0.2, 0.25) is 0 Å². The third-order valence-corrected chi connectivity index (χ3v) is 5.12. The highest BCUT2D eigenvalue weighted by Gasteiger charge is 2.30. The molecule has 3 rings (SSSR count). The van der Waals surface area contributed by atoms with E-state index in [1.165, 1.54) is 6.20 Å². The molecule has 0 saturated carbocycles. The maximum Gasteiger partial charge on any atom is 0.276 e. The number of rotatable bonds is 3. The van der Waals surface area contributed by atoms with Crippen molar-refractivity contribution in [1.29, 1.82) is 0 Å². The molecule has 8 nitrogen and oxygen atoms in total. The lowest BCUT2D eigenvalue weighted by Gasteiger charge is -2.32. The first-order valence-corrected chi connectivity index (χ1v) is 9.21. The molecular formula is C14H18N4O4S. The monoisotopic (exact) mass is 338 g/mol. The highest BCUT2D eigenvalue weighted by Crippen LogP contribution is 2.30. The Balaban J connectivity index is 1.82. The number of carbonyl (C=O) groups is 1. The summed E-state index contributed by atoms with van der Waals surface area (Å²) in [5.74, 6) is 0.287. The molecule has 1 fully saturated rings. The quantitative estimate of drug-likeness (QED) is 0.898. The number of nitrogens with one attached hydrogen (secondary N) is 1. The van der Waals surface area contributed by atoms with E-state index in [9.17, 15) is 13.2 Å². The molecule has 0 aromatic carbocycles. The molecule has 2 aromatic rings. The molecule has 2 aromatic heterocycles. The van der Waals surface area contributed by atoms with Crippen molar-refractivity contribution in [2.24, 2.45) is 0 Å². The summed E-state index contributed by atoms with van der Waals surface area (Å²) in [5, 5.41) is 10.4. The number of H-pyrrole nitrogens is 1. The van der Waals surface area contributed by atoms with Crippen molar-refractivity contribution in [3.63, 3.8) is 0 Å². The first-order valence-electron chi connectivity index (χ1n) is 7.32. The van der Waals surface area contributed by atoms with Gasteiger partial charge in [0.05, 0.1) is 11.9 Å². The van der Waals surface area contributed by atoms with Gasteiger partial charge >= 0.3 is 0 Å². The molecular weight excluding hydrogens is 320 g/mol. The molecule has 1 aliphatic heterocycles. The minimum absolute atomic E-state index is 0.0899. The summed E-state index contributed by atoms with van der Waals surface area (Å²) in [6, 6.07) is 1.60. The van der Waals surface area contributed by atoms with Crippen LogP contribution in [0.4, 0.5) is 0 Å². The van der Waals surface area contributed by atoms with Crippen LogP contribution < -0.4 is 0 Å². The molecule has 0 spiro atoms. The second-order valence-corrected chi connectivity index (χ2v) is 7.82. The number of aryl methyl sites for hydroxylation is 1. The van der Waals surface area contributed by atoms with Crippen LogP contribution in [0, 0.1) is 6.92 Å². The molecule has 23 heavy (non-hydrogen) atoms. The van der Waals surface area contributed by atoms with Crippen LogP contribution in [0.1, 0.15) is 40.7 Å². The number of aromatic amines is 1. The van der Waals surface area contributed by atoms with Crippen LogP contribution in [-0.2, 0) is 9.84 Å². The van der Waals surface area contributed by atoms with E-state index in [0.29, 0.717) is 24.5 Å². The maximum absolute atomic E-state index is 12.5. The third-order valence-electron chi connectivity index (χ3n) is 4.00. The first-order chi connectivity index (χ1) is 10.9. The Labute approximate surface area is 133 Å². The molecule has 124 valence electrons. The molecule has 0 unspecified atom stereocenters. The highest BCUT2D eigenvalue weighted by atomic mass is 32.2. The van der Waals surface area contributed by atoms with Crippen molar-refractivity contribution < 1.29 is 17.7 Å². The van der Waals surface area contributed by atoms with Gasteiger partial charge < -0.3 is 9.42 Å². The SMILES string of the molecule is Cc1cc(C(=O)N2CCC[C@H](c3[nH]ncc3S(C)(=O)=O)C2)no1. The number of amides is 1. The van der Waals surface area contributed by atoms with Crippen molar-refractivity contribution in [3.8, 4) is 0 Å². The minimum atomic E-state index is -3.35. The third kappa shape index (κ3) is 3.14. The fourth-order valence-corrected chi connectivity index (χ4v) is 3.76. The predicted molar refractivity (Wildman–Crippen MR) is 80.8 cm³/mol. The fraction of sp³-hybridized carbons (Fsp3) is 0.500. The number of carbonyl (C=O) groups excluding carboxylic acids is 1. The molecule has 1 saturated heterocycles. The van der Waals surface area contributed by atoms with Gasteiger partial charge in [0, 0.05) is 31.3 Å². The minimum Gasteiger partial charge on any atom is -0.361 e. The summed E-state index contributed by atoms with van der Waals surface area (Å²) < 4.78 is 28.6. The number of hydrogen-bond donors (Lipinski definition) is 1. The van der Waals surface area contributed by atoms with Crippen molar-refractivity contribution in [2.45, 2.75) is 30.6 Å². The Morgan fingerprint density at radius 3 is 2.91 bits per heavy atom. The Morgan fingerprint density at radius 1 is 1.48 bits per heavy atom. The predicted octanol–water partition coefficient (Wildman–Crippen LogP) is 1.13. The van der Waals surface area contributed by atoms with Gasteiger partial charge in [0.25, 0.3) is 5.91 Å². The zero-order valence-electron chi connectivity index (χ0n) is 12.9. The van der Waals surface area contributed by atoms with Crippen molar-refractivity contribution in [2.75, 3.05) is 19.3 Å². The van der Waals surface area contributed by atoms with Crippen LogP contribution in [-0.4, -0.2) is 53.9 Å². The molecule has 1 amide bonds. The highest BCUT2D eigenvalue weighted by molar-refractivity contribution is 7.90. The summed E-state index contributed by atoms with van der Waals surface area (Å²) in [5.41, 5.74) is 0.845. The average Bonchev–Trinajstić information content (AvgIpc) is 3.15. The lowest BCUT2D eigenvalue weighted by molar-refractivity contribution is 0.0694. The number of piperidine rings is 1. The smallest absolute Gasteiger partial charge is 0.276 e. The lowest BCUT2D eigenvalue weighted by Crippen LogP contribution is -2.39. The van der Waals surface area contributed by atoms with Gasteiger partial charge in [-0.05, 0) is 19.8 Å². The summed E-state index contributed by atoms with van der Waals surface area (Å²) in [4.78, 5) is 14.4. The average molecular weight is 338 g/mol. The molecule has 1 N–H and O–H groups in total. The maximum atomic E-state index is 12.5. The largest absolute Gasteiger partial charge is 0.361 e. The zero-order chi connectivity index (χ0) is 16.6. The number of aromatic nitrogens is 3. The molecule has 1 aliphatic rings. The van der Waals surface area contributed by atoms with Crippen LogP contribution in [0.15, 0.2) is 21.7 Å². The Hall–Kier alpha value is -2.16. The van der Waals surface area contributed by atoms with E-state index < -0.39 is 9.84 Å². The fourth-order valence-electron chi connectivity index (χ4n) is 2.90. The van der Waals surface area contributed by atoms with Gasteiger partial charge in [-0.15, -0.1) is 0 Å². The topological polar surface area (TPSA) is 109 Å². The van der Waals surface area contributed by atoms with Crippen LogP contribution in [0.5, 0.6) is 0 Å². The van der Waals surface area contributed by atoms with E-state index in [4.69, 9.17) is 4.52 Å². The second-order valence-electron chi connectivity index (χ2n) is 5.83. The Bertz CT molecular complexity index is 823.